The average molecular weight is 267 g/mol. The van der Waals surface area contributed by atoms with Crippen molar-refractivity contribution in [3.63, 3.8) is 0 Å². The van der Waals surface area contributed by atoms with E-state index < -0.39 is 0 Å². The van der Waals surface area contributed by atoms with E-state index in [1.54, 1.807) is 6.20 Å². The monoisotopic (exact) mass is 266 g/mol. The molecular weight excluding hydrogens is 252 g/mol. The molecule has 3 rings (SSSR count). The van der Waals surface area contributed by atoms with Crippen LogP contribution in [0.5, 0.6) is 0 Å². The molecule has 0 aromatic carbocycles. The zero-order valence-corrected chi connectivity index (χ0v) is 11.2. The molecule has 96 valence electrons. The predicted octanol–water partition coefficient (Wildman–Crippen LogP) is 2.08. The molecule has 1 N–H and O–H groups in total. The predicted molar refractivity (Wildman–Crippen MR) is 69.8 cm³/mol. The molecule has 0 saturated carbocycles. The molecule has 0 radical (unpaired) electrons. The number of fused-ring (bicyclic) bond motifs is 3. The van der Waals surface area contributed by atoms with Gasteiger partial charge in [0.05, 0.1) is 6.20 Å². The van der Waals surface area contributed by atoms with Crippen LogP contribution in [-0.2, 0) is 4.79 Å². The molecule has 3 heterocycles. The number of hydrogen-bond donors (Lipinski definition) is 1. The van der Waals surface area contributed by atoms with Gasteiger partial charge < -0.3 is 10.2 Å². The first-order valence-electron chi connectivity index (χ1n) is 6.09. The van der Waals surface area contributed by atoms with Gasteiger partial charge in [0.1, 0.15) is 11.7 Å². The van der Waals surface area contributed by atoms with Crippen molar-refractivity contribution in [1.29, 1.82) is 0 Å². The largest absolute Gasteiger partial charge is 0.342 e. The highest BCUT2D eigenvalue weighted by molar-refractivity contribution is 6.28. The first-order valence-corrected chi connectivity index (χ1v) is 6.47. The highest BCUT2D eigenvalue weighted by atomic mass is 35.5. The Morgan fingerprint density at radius 1 is 1.56 bits per heavy atom. The maximum absolute atomic E-state index is 12.3. The molecule has 2 aliphatic heterocycles. The Hall–Kier alpha value is -1.36. The quantitative estimate of drug-likeness (QED) is 0.731. The van der Waals surface area contributed by atoms with Crippen LogP contribution in [0.25, 0.3) is 0 Å². The lowest BCUT2D eigenvalue weighted by molar-refractivity contribution is -0.120. The van der Waals surface area contributed by atoms with Gasteiger partial charge in [0.15, 0.2) is 5.82 Å². The molecule has 0 aliphatic carbocycles. The lowest BCUT2D eigenvalue weighted by Gasteiger charge is -2.48. The van der Waals surface area contributed by atoms with Gasteiger partial charge >= 0.3 is 0 Å². The molecular formula is C12H15ClN4O. The minimum Gasteiger partial charge on any atom is -0.342 e. The molecule has 18 heavy (non-hydrogen) atoms. The number of aromatic nitrogens is 2. The minimum absolute atomic E-state index is 0.0260. The number of carbonyl (C=O) groups excluding carboxylic acids is 1. The summed E-state index contributed by atoms with van der Waals surface area (Å²) in [4.78, 5) is 22.5. The van der Waals surface area contributed by atoms with Gasteiger partial charge in [-0.1, -0.05) is 13.8 Å². The van der Waals surface area contributed by atoms with E-state index in [9.17, 15) is 4.79 Å². The molecule has 1 atom stereocenters. The normalized spacial score (nSPS) is 25.2. The number of nitrogens with one attached hydrogen (secondary N) is 1. The van der Waals surface area contributed by atoms with Crippen LogP contribution in [0.1, 0.15) is 26.7 Å². The van der Waals surface area contributed by atoms with Crippen LogP contribution in [-0.4, -0.2) is 28.5 Å². The standard InChI is InChI=1S/C12H15ClN4O/c1-12(2)4-3-5-17-8(12)10(18)15-7-6-14-11(13)16-9(7)17/h6,8H,3-5H2,1-2H3,(H,15,18). The molecule has 1 unspecified atom stereocenters. The summed E-state index contributed by atoms with van der Waals surface area (Å²) in [5.41, 5.74) is 0.593. The van der Waals surface area contributed by atoms with E-state index in [1.165, 1.54) is 0 Å². The average Bonchev–Trinajstić information content (AvgIpc) is 2.29. The maximum Gasteiger partial charge on any atom is 0.247 e. The second kappa shape index (κ2) is 3.82. The van der Waals surface area contributed by atoms with Crippen LogP contribution >= 0.6 is 11.6 Å². The van der Waals surface area contributed by atoms with Crippen molar-refractivity contribution < 1.29 is 4.79 Å². The molecule has 2 aliphatic rings. The van der Waals surface area contributed by atoms with Crippen LogP contribution in [0.4, 0.5) is 11.5 Å². The third-order valence-corrected chi connectivity index (χ3v) is 3.97. The van der Waals surface area contributed by atoms with Gasteiger partial charge in [-0.05, 0) is 29.9 Å². The fraction of sp³-hybridized carbons (Fsp3) is 0.583. The SMILES string of the molecule is CC1(C)CCCN2c3nc(Cl)ncc3NC(=O)C21. The molecule has 1 amide bonds. The summed E-state index contributed by atoms with van der Waals surface area (Å²) < 4.78 is 0. The molecule has 1 saturated heterocycles. The Kier molecular flexibility index (Phi) is 2.48. The van der Waals surface area contributed by atoms with Gasteiger partial charge in [0, 0.05) is 6.54 Å². The Bertz CT molecular complexity index is 517. The second-order valence-corrected chi connectivity index (χ2v) is 5.89. The van der Waals surface area contributed by atoms with Gasteiger partial charge in [0.25, 0.3) is 0 Å². The van der Waals surface area contributed by atoms with Crippen molar-refractivity contribution in [2.45, 2.75) is 32.7 Å². The lowest BCUT2D eigenvalue weighted by atomic mass is 9.75. The molecule has 5 nitrogen and oxygen atoms in total. The zero-order valence-electron chi connectivity index (χ0n) is 10.4. The number of carbonyl (C=O) groups is 1. The van der Waals surface area contributed by atoms with E-state index in [4.69, 9.17) is 11.6 Å². The van der Waals surface area contributed by atoms with Gasteiger partial charge in [-0.3, -0.25) is 4.79 Å². The fourth-order valence-electron chi connectivity index (χ4n) is 2.98. The summed E-state index contributed by atoms with van der Waals surface area (Å²) in [5, 5.41) is 3.09. The highest BCUT2D eigenvalue weighted by Gasteiger charge is 2.46. The van der Waals surface area contributed by atoms with Crippen LogP contribution in [0, 0.1) is 5.41 Å². The van der Waals surface area contributed by atoms with E-state index in [2.05, 4.69) is 34.0 Å². The number of halogens is 1. The molecule has 0 bridgehead atoms. The first kappa shape index (κ1) is 11.7. The van der Waals surface area contributed by atoms with E-state index in [-0.39, 0.29) is 22.6 Å². The zero-order chi connectivity index (χ0) is 12.9. The van der Waals surface area contributed by atoms with Crippen molar-refractivity contribution in [2.24, 2.45) is 5.41 Å². The fourth-order valence-corrected chi connectivity index (χ4v) is 3.11. The van der Waals surface area contributed by atoms with Gasteiger partial charge in [0.2, 0.25) is 11.2 Å². The number of amides is 1. The van der Waals surface area contributed by atoms with E-state index >= 15 is 0 Å². The number of hydrogen-bond acceptors (Lipinski definition) is 4. The summed E-state index contributed by atoms with van der Waals surface area (Å²) in [7, 11) is 0. The number of anilines is 2. The van der Waals surface area contributed by atoms with Gasteiger partial charge in [-0.25, -0.2) is 4.98 Å². The van der Waals surface area contributed by atoms with Crippen molar-refractivity contribution in [1.82, 2.24) is 9.97 Å². The third kappa shape index (κ3) is 1.65. The Morgan fingerprint density at radius 3 is 3.11 bits per heavy atom. The number of nitrogens with zero attached hydrogens (tertiary/aromatic N) is 3. The number of piperidine rings is 1. The molecule has 1 aromatic heterocycles. The molecule has 0 spiro atoms. The Morgan fingerprint density at radius 2 is 2.33 bits per heavy atom. The smallest absolute Gasteiger partial charge is 0.247 e. The Labute approximate surface area is 111 Å². The summed E-state index contributed by atoms with van der Waals surface area (Å²) >= 11 is 5.85. The molecule has 1 fully saturated rings. The second-order valence-electron chi connectivity index (χ2n) is 5.55. The van der Waals surface area contributed by atoms with Crippen LogP contribution < -0.4 is 10.2 Å². The van der Waals surface area contributed by atoms with Crippen molar-refractivity contribution >= 4 is 29.0 Å². The molecule has 1 aromatic rings. The number of rotatable bonds is 0. The van der Waals surface area contributed by atoms with Gasteiger partial charge in [-0.15, -0.1) is 0 Å². The van der Waals surface area contributed by atoms with E-state index in [0.29, 0.717) is 5.69 Å². The summed E-state index contributed by atoms with van der Waals surface area (Å²) in [6.45, 7) is 5.08. The van der Waals surface area contributed by atoms with Crippen LogP contribution in [0.15, 0.2) is 6.20 Å². The summed E-state index contributed by atoms with van der Waals surface area (Å²) in [6, 6.07) is -0.176. The van der Waals surface area contributed by atoms with Crippen LogP contribution in [0.2, 0.25) is 5.28 Å². The van der Waals surface area contributed by atoms with Crippen LogP contribution in [0.3, 0.4) is 0 Å². The van der Waals surface area contributed by atoms with Crippen molar-refractivity contribution in [3.8, 4) is 0 Å². The highest BCUT2D eigenvalue weighted by Crippen LogP contribution is 2.42. The van der Waals surface area contributed by atoms with E-state index in [1.807, 2.05) is 0 Å². The third-order valence-electron chi connectivity index (χ3n) is 3.79. The van der Waals surface area contributed by atoms with Crippen molar-refractivity contribution in [2.75, 3.05) is 16.8 Å². The van der Waals surface area contributed by atoms with Crippen molar-refractivity contribution in [3.05, 3.63) is 11.5 Å². The molecule has 6 heteroatoms. The Balaban J connectivity index is 2.11. The first-order chi connectivity index (χ1) is 8.49. The van der Waals surface area contributed by atoms with Gasteiger partial charge in [-0.2, -0.15) is 4.98 Å². The maximum atomic E-state index is 12.3. The summed E-state index contributed by atoms with van der Waals surface area (Å²) in [6.07, 6.45) is 3.66. The lowest BCUT2D eigenvalue weighted by Crippen LogP contribution is -2.58. The van der Waals surface area contributed by atoms with E-state index in [0.717, 1.165) is 25.2 Å². The topological polar surface area (TPSA) is 58.1 Å². The minimum atomic E-state index is -0.176. The summed E-state index contributed by atoms with van der Waals surface area (Å²) in [5.74, 6) is 0.769.